The van der Waals surface area contributed by atoms with Crippen molar-refractivity contribution in [3.63, 3.8) is 0 Å². The molecule has 0 saturated carbocycles. The fourth-order valence-corrected chi connectivity index (χ4v) is 3.98. The van der Waals surface area contributed by atoms with E-state index in [1.165, 1.54) is 40.6 Å². The fraction of sp³-hybridized carbons (Fsp3) is 0.435. The summed E-state index contributed by atoms with van der Waals surface area (Å²) in [5.41, 5.74) is 6.60. The molecule has 0 radical (unpaired) electrons. The monoisotopic (exact) mass is 382 g/mol. The predicted octanol–water partition coefficient (Wildman–Crippen LogP) is 5.04. The van der Waals surface area contributed by atoms with Crippen molar-refractivity contribution in [2.75, 3.05) is 33.0 Å². The van der Waals surface area contributed by atoms with Crippen LogP contribution in [0.25, 0.3) is 0 Å². The second-order valence-electron chi connectivity index (χ2n) is 7.07. The Hall–Kier alpha value is -1.78. The Kier molecular flexibility index (Phi) is 7.36. The van der Waals surface area contributed by atoms with Gasteiger partial charge in [0.15, 0.2) is 0 Å². The summed E-state index contributed by atoms with van der Waals surface area (Å²) in [6.07, 6.45) is 15.5. The van der Waals surface area contributed by atoms with E-state index in [0.29, 0.717) is 0 Å². The van der Waals surface area contributed by atoms with Gasteiger partial charge in [0.25, 0.3) is 0 Å². The molecule has 1 aromatic carbocycles. The van der Waals surface area contributed by atoms with Crippen LogP contribution in [0.3, 0.4) is 0 Å². The molecule has 0 N–H and O–H groups in total. The average Bonchev–Trinajstić information content (AvgIpc) is 2.89. The Morgan fingerprint density at radius 2 is 2.00 bits per heavy atom. The zero-order valence-electron chi connectivity index (χ0n) is 16.7. The van der Waals surface area contributed by atoms with Crippen molar-refractivity contribution in [3.05, 3.63) is 64.8 Å². The zero-order chi connectivity index (χ0) is 19.1. The fourth-order valence-electron chi connectivity index (χ4n) is 3.63. The van der Waals surface area contributed by atoms with Crippen molar-refractivity contribution < 1.29 is 4.74 Å². The van der Waals surface area contributed by atoms with Gasteiger partial charge in [-0.25, -0.2) is 4.40 Å². The first kappa shape index (κ1) is 20.0. The molecular weight excluding hydrogens is 352 g/mol. The highest BCUT2D eigenvalue weighted by Gasteiger charge is 2.17. The van der Waals surface area contributed by atoms with Gasteiger partial charge < -0.3 is 4.74 Å². The second kappa shape index (κ2) is 9.95. The highest BCUT2D eigenvalue weighted by atomic mass is 32.2. The molecule has 0 spiro atoms. The molecule has 3 rings (SSSR count). The smallest absolute Gasteiger partial charge is 0.119 e. The van der Waals surface area contributed by atoms with E-state index in [2.05, 4.69) is 58.7 Å². The van der Waals surface area contributed by atoms with Crippen molar-refractivity contribution in [3.8, 4) is 5.75 Å². The number of allylic oxidation sites excluding steroid dienone is 4. The molecule has 0 saturated heterocycles. The van der Waals surface area contributed by atoms with Crippen LogP contribution in [0.5, 0.6) is 5.75 Å². The van der Waals surface area contributed by atoms with Crippen molar-refractivity contribution in [2.45, 2.75) is 32.6 Å². The predicted molar refractivity (Wildman–Crippen MR) is 118 cm³/mol. The van der Waals surface area contributed by atoms with Crippen LogP contribution in [0.15, 0.2) is 58.0 Å². The molecule has 27 heavy (non-hydrogen) atoms. The number of hydrogen-bond donors (Lipinski definition) is 0. The summed E-state index contributed by atoms with van der Waals surface area (Å²) in [4.78, 5) is 2.56. The summed E-state index contributed by atoms with van der Waals surface area (Å²) in [5, 5.41) is 0. The Balaban J connectivity index is 1.67. The molecule has 0 aromatic heterocycles. The SMILES string of the molecule is CCC/C=C1\C=CC(CN2CCc3ccc(OC)cc3CC2)=C\C1=N\SC. The Labute approximate surface area is 168 Å². The number of benzene rings is 1. The van der Waals surface area contributed by atoms with E-state index in [4.69, 9.17) is 4.74 Å². The molecule has 0 atom stereocenters. The summed E-state index contributed by atoms with van der Waals surface area (Å²) in [7, 11) is 1.74. The number of nitrogens with zero attached hydrogens (tertiary/aromatic N) is 2. The third kappa shape index (κ3) is 5.36. The minimum Gasteiger partial charge on any atom is -0.497 e. The summed E-state index contributed by atoms with van der Waals surface area (Å²) < 4.78 is 10.0. The van der Waals surface area contributed by atoms with E-state index in [1.807, 2.05) is 6.26 Å². The summed E-state index contributed by atoms with van der Waals surface area (Å²) in [6, 6.07) is 6.51. The number of fused-ring (bicyclic) bond motifs is 1. The van der Waals surface area contributed by atoms with Gasteiger partial charge >= 0.3 is 0 Å². The molecule has 4 heteroatoms. The first-order valence-electron chi connectivity index (χ1n) is 9.82. The zero-order valence-corrected chi connectivity index (χ0v) is 17.5. The summed E-state index contributed by atoms with van der Waals surface area (Å²) >= 11 is 1.54. The van der Waals surface area contributed by atoms with Gasteiger partial charge in [-0.1, -0.05) is 37.6 Å². The van der Waals surface area contributed by atoms with Crippen LogP contribution >= 0.6 is 11.9 Å². The van der Waals surface area contributed by atoms with E-state index in [0.717, 1.165) is 50.4 Å². The van der Waals surface area contributed by atoms with E-state index in [-0.39, 0.29) is 0 Å². The minimum absolute atomic E-state index is 0.962. The summed E-state index contributed by atoms with van der Waals surface area (Å²) in [5.74, 6) is 0.962. The van der Waals surface area contributed by atoms with E-state index in [1.54, 1.807) is 7.11 Å². The third-order valence-electron chi connectivity index (χ3n) is 5.15. The first-order valence-corrected chi connectivity index (χ1v) is 11.0. The lowest BCUT2D eigenvalue weighted by Gasteiger charge is -2.22. The van der Waals surface area contributed by atoms with Crippen LogP contribution in [0.4, 0.5) is 0 Å². The number of rotatable bonds is 6. The highest BCUT2D eigenvalue weighted by Crippen LogP contribution is 2.23. The standard InChI is InChI=1S/C23H30N2OS/c1-4-5-6-20-8-7-18(15-23(20)24-27-3)17-25-13-11-19-9-10-22(26-2)16-21(19)12-14-25/h6-10,15-16H,4-5,11-14,17H2,1-3H3/b20-6+,24-23-. The van der Waals surface area contributed by atoms with Crippen molar-refractivity contribution >= 4 is 17.7 Å². The van der Waals surface area contributed by atoms with Gasteiger partial charge in [0.2, 0.25) is 0 Å². The van der Waals surface area contributed by atoms with E-state index >= 15 is 0 Å². The van der Waals surface area contributed by atoms with Gasteiger partial charge in [-0.2, -0.15) is 0 Å². The third-order valence-corrected chi connectivity index (χ3v) is 5.53. The van der Waals surface area contributed by atoms with Gasteiger partial charge in [0, 0.05) is 25.9 Å². The van der Waals surface area contributed by atoms with Crippen LogP contribution in [-0.4, -0.2) is 43.6 Å². The van der Waals surface area contributed by atoms with Crippen molar-refractivity contribution in [1.82, 2.24) is 4.90 Å². The molecule has 0 unspecified atom stereocenters. The largest absolute Gasteiger partial charge is 0.497 e. The van der Waals surface area contributed by atoms with Crippen molar-refractivity contribution in [1.29, 1.82) is 0 Å². The number of methoxy groups -OCH3 is 1. The topological polar surface area (TPSA) is 24.8 Å². The van der Waals surface area contributed by atoms with Crippen LogP contribution in [0.1, 0.15) is 30.9 Å². The lowest BCUT2D eigenvalue weighted by molar-refractivity contribution is 0.314. The van der Waals surface area contributed by atoms with Gasteiger partial charge in [-0.3, -0.25) is 4.90 Å². The molecular formula is C23H30N2OS. The van der Waals surface area contributed by atoms with Gasteiger partial charge in [0.1, 0.15) is 5.75 Å². The van der Waals surface area contributed by atoms with Crippen molar-refractivity contribution in [2.24, 2.45) is 4.40 Å². The molecule has 0 amide bonds. The molecule has 3 nitrogen and oxygen atoms in total. The molecule has 0 fully saturated rings. The maximum absolute atomic E-state index is 5.39. The molecule has 1 aromatic rings. The minimum atomic E-state index is 0.962. The van der Waals surface area contributed by atoms with Crippen LogP contribution in [0.2, 0.25) is 0 Å². The quantitative estimate of drug-likeness (QED) is 0.645. The number of ether oxygens (including phenoxy) is 1. The Bertz CT molecular complexity index is 777. The lowest BCUT2D eigenvalue weighted by Crippen LogP contribution is -2.29. The van der Waals surface area contributed by atoms with Gasteiger partial charge in [-0.15, -0.1) is 0 Å². The maximum Gasteiger partial charge on any atom is 0.119 e. The number of unbranched alkanes of at least 4 members (excludes halogenated alkanes) is 1. The molecule has 1 aliphatic heterocycles. The van der Waals surface area contributed by atoms with E-state index in [9.17, 15) is 0 Å². The molecule has 0 bridgehead atoms. The van der Waals surface area contributed by atoms with Crippen LogP contribution in [0, 0.1) is 0 Å². The first-order chi connectivity index (χ1) is 13.2. The molecule has 144 valence electrons. The second-order valence-corrected chi connectivity index (χ2v) is 7.62. The Morgan fingerprint density at radius 3 is 2.74 bits per heavy atom. The normalized spacial score (nSPS) is 20.5. The average molecular weight is 383 g/mol. The van der Waals surface area contributed by atoms with Gasteiger partial charge in [0.05, 0.1) is 12.8 Å². The number of hydrogen-bond acceptors (Lipinski definition) is 4. The summed E-state index contributed by atoms with van der Waals surface area (Å²) in [6.45, 7) is 5.37. The van der Waals surface area contributed by atoms with Crippen LogP contribution in [-0.2, 0) is 12.8 Å². The molecule has 1 heterocycles. The lowest BCUT2D eigenvalue weighted by atomic mass is 9.98. The highest BCUT2D eigenvalue weighted by molar-refractivity contribution is 7.97. The Morgan fingerprint density at radius 1 is 1.19 bits per heavy atom. The van der Waals surface area contributed by atoms with Crippen LogP contribution < -0.4 is 4.74 Å². The van der Waals surface area contributed by atoms with E-state index < -0.39 is 0 Å². The maximum atomic E-state index is 5.39. The molecule has 1 aliphatic carbocycles. The van der Waals surface area contributed by atoms with Gasteiger partial charge in [-0.05, 0) is 71.7 Å². The molecule has 2 aliphatic rings.